The summed E-state index contributed by atoms with van der Waals surface area (Å²) in [5, 5.41) is 17.5. The van der Waals surface area contributed by atoms with Crippen molar-refractivity contribution in [3.63, 3.8) is 0 Å². The average molecular weight is 219 g/mol. The third-order valence-corrected chi connectivity index (χ3v) is 2.24. The summed E-state index contributed by atoms with van der Waals surface area (Å²) in [6, 6.07) is 7.84. The predicted octanol–water partition coefficient (Wildman–Crippen LogP) is 0.454. The zero-order valence-electron chi connectivity index (χ0n) is 9.48. The van der Waals surface area contributed by atoms with Gasteiger partial charge in [0.2, 0.25) is 0 Å². The average Bonchev–Trinajstić information content (AvgIpc) is 2.28. The van der Waals surface area contributed by atoms with Crippen LogP contribution < -0.4 is 0 Å². The predicted molar refractivity (Wildman–Crippen MR) is 63.8 cm³/mol. The number of rotatable bonds is 4. The van der Waals surface area contributed by atoms with Crippen LogP contribution in [0, 0.1) is 11.8 Å². The van der Waals surface area contributed by atoms with E-state index in [1.54, 1.807) is 0 Å². The number of aliphatic hydroxyl groups excluding tert-OH is 2. The number of nitrogens with zero attached hydrogens (tertiary/aromatic N) is 1. The molecular formula is C13H17NO2. The van der Waals surface area contributed by atoms with E-state index in [4.69, 9.17) is 10.2 Å². The molecule has 0 spiro atoms. The van der Waals surface area contributed by atoms with Crippen molar-refractivity contribution < 1.29 is 10.2 Å². The summed E-state index contributed by atoms with van der Waals surface area (Å²) in [5.74, 6) is 5.57. The Kier molecular flexibility index (Phi) is 5.58. The van der Waals surface area contributed by atoms with Crippen LogP contribution in [0.25, 0.3) is 0 Å². The minimum atomic E-state index is -0.124. The third kappa shape index (κ3) is 4.03. The summed E-state index contributed by atoms with van der Waals surface area (Å²) in [6.45, 7) is 1.42. The van der Waals surface area contributed by atoms with Crippen LogP contribution in [-0.2, 0) is 6.54 Å². The fourth-order valence-corrected chi connectivity index (χ4v) is 1.46. The topological polar surface area (TPSA) is 43.7 Å². The van der Waals surface area contributed by atoms with Gasteiger partial charge in [-0.05, 0) is 18.7 Å². The molecule has 86 valence electrons. The van der Waals surface area contributed by atoms with Crippen molar-refractivity contribution in [1.82, 2.24) is 4.90 Å². The van der Waals surface area contributed by atoms with E-state index in [-0.39, 0.29) is 13.2 Å². The van der Waals surface area contributed by atoms with E-state index < -0.39 is 0 Å². The van der Waals surface area contributed by atoms with Gasteiger partial charge in [0.1, 0.15) is 6.61 Å². The first kappa shape index (κ1) is 12.7. The third-order valence-electron chi connectivity index (χ3n) is 2.24. The van der Waals surface area contributed by atoms with Gasteiger partial charge in [-0.1, -0.05) is 30.0 Å². The highest BCUT2D eigenvalue weighted by Crippen LogP contribution is 2.09. The lowest BCUT2D eigenvalue weighted by Gasteiger charge is -2.15. The molecule has 1 aromatic rings. The maximum absolute atomic E-state index is 8.82. The van der Waals surface area contributed by atoms with Crippen LogP contribution >= 0.6 is 0 Å². The molecule has 0 saturated carbocycles. The number of hydrogen-bond acceptors (Lipinski definition) is 3. The monoisotopic (exact) mass is 219 g/mol. The molecule has 3 nitrogen and oxygen atoms in total. The molecule has 0 aliphatic heterocycles. The molecule has 0 atom stereocenters. The van der Waals surface area contributed by atoms with Gasteiger partial charge in [-0.25, -0.2) is 0 Å². The van der Waals surface area contributed by atoms with Gasteiger partial charge in [-0.2, -0.15) is 0 Å². The Bertz CT molecular complexity index is 379. The number of hydrogen-bond donors (Lipinski definition) is 2. The lowest BCUT2D eigenvalue weighted by atomic mass is 10.1. The first-order chi connectivity index (χ1) is 7.77. The van der Waals surface area contributed by atoms with E-state index in [9.17, 15) is 0 Å². The van der Waals surface area contributed by atoms with Gasteiger partial charge in [0.05, 0.1) is 6.61 Å². The van der Waals surface area contributed by atoms with Crippen molar-refractivity contribution >= 4 is 0 Å². The standard InChI is InChI=1S/C13H17NO2/c1-14(8-10-16)11-13-6-3-2-5-12(13)7-4-9-15/h2-3,5-6,15-16H,8-11H2,1H3. The Hall–Kier alpha value is -1.34. The van der Waals surface area contributed by atoms with Crippen LogP contribution in [0.5, 0.6) is 0 Å². The van der Waals surface area contributed by atoms with Crippen molar-refractivity contribution in [3.05, 3.63) is 35.4 Å². The molecule has 0 aliphatic carbocycles. The summed E-state index contributed by atoms with van der Waals surface area (Å²) < 4.78 is 0. The van der Waals surface area contributed by atoms with Crippen LogP contribution in [0.4, 0.5) is 0 Å². The van der Waals surface area contributed by atoms with E-state index in [0.717, 1.165) is 17.7 Å². The van der Waals surface area contributed by atoms with Crippen molar-refractivity contribution in [3.8, 4) is 11.8 Å². The molecule has 1 aromatic carbocycles. The van der Waals surface area contributed by atoms with E-state index in [1.807, 2.05) is 36.2 Å². The minimum Gasteiger partial charge on any atom is -0.395 e. The van der Waals surface area contributed by atoms with Crippen molar-refractivity contribution in [1.29, 1.82) is 0 Å². The Morgan fingerprint density at radius 2 is 2.00 bits per heavy atom. The molecule has 0 heterocycles. The zero-order valence-corrected chi connectivity index (χ0v) is 9.48. The highest BCUT2D eigenvalue weighted by molar-refractivity contribution is 5.41. The molecule has 0 aromatic heterocycles. The van der Waals surface area contributed by atoms with Gasteiger partial charge in [0, 0.05) is 18.7 Å². The van der Waals surface area contributed by atoms with E-state index in [0.29, 0.717) is 6.54 Å². The molecule has 0 fully saturated rings. The molecule has 1 rings (SSSR count). The van der Waals surface area contributed by atoms with Crippen molar-refractivity contribution in [2.45, 2.75) is 6.54 Å². The van der Waals surface area contributed by atoms with Crippen LogP contribution in [0.3, 0.4) is 0 Å². The second kappa shape index (κ2) is 7.02. The quantitative estimate of drug-likeness (QED) is 0.723. The molecule has 2 N–H and O–H groups in total. The molecule has 16 heavy (non-hydrogen) atoms. The molecule has 3 heteroatoms. The van der Waals surface area contributed by atoms with Crippen molar-refractivity contribution in [2.75, 3.05) is 26.8 Å². The van der Waals surface area contributed by atoms with Gasteiger partial charge in [0.15, 0.2) is 0 Å². The van der Waals surface area contributed by atoms with Gasteiger partial charge < -0.3 is 10.2 Å². The van der Waals surface area contributed by atoms with E-state index in [1.165, 1.54) is 0 Å². The molecule has 0 aliphatic rings. The molecule has 0 saturated heterocycles. The fourth-order valence-electron chi connectivity index (χ4n) is 1.46. The van der Waals surface area contributed by atoms with Gasteiger partial charge in [-0.15, -0.1) is 0 Å². The Balaban J connectivity index is 2.78. The van der Waals surface area contributed by atoms with Gasteiger partial charge in [0.25, 0.3) is 0 Å². The second-order valence-corrected chi connectivity index (χ2v) is 3.58. The van der Waals surface area contributed by atoms with E-state index in [2.05, 4.69) is 11.8 Å². The molecule has 0 radical (unpaired) electrons. The normalized spacial score (nSPS) is 10.0. The Morgan fingerprint density at radius 3 is 2.69 bits per heavy atom. The fraction of sp³-hybridized carbons (Fsp3) is 0.385. The minimum absolute atomic E-state index is 0.124. The zero-order chi connectivity index (χ0) is 11.8. The lowest BCUT2D eigenvalue weighted by molar-refractivity contribution is 0.217. The van der Waals surface area contributed by atoms with Crippen LogP contribution in [0.2, 0.25) is 0 Å². The largest absolute Gasteiger partial charge is 0.395 e. The van der Waals surface area contributed by atoms with Crippen LogP contribution in [0.15, 0.2) is 24.3 Å². The van der Waals surface area contributed by atoms with Crippen LogP contribution in [0.1, 0.15) is 11.1 Å². The Labute approximate surface area is 96.3 Å². The van der Waals surface area contributed by atoms with Gasteiger partial charge >= 0.3 is 0 Å². The molecular weight excluding hydrogens is 202 g/mol. The number of likely N-dealkylation sites (N-methyl/N-ethyl adjacent to an activating group) is 1. The Morgan fingerprint density at radius 1 is 1.25 bits per heavy atom. The molecule has 0 unspecified atom stereocenters. The van der Waals surface area contributed by atoms with Gasteiger partial charge in [-0.3, -0.25) is 4.90 Å². The van der Waals surface area contributed by atoms with E-state index >= 15 is 0 Å². The SMILES string of the molecule is CN(CCO)Cc1ccccc1C#CCO. The van der Waals surface area contributed by atoms with Crippen LogP contribution in [-0.4, -0.2) is 41.9 Å². The molecule has 0 amide bonds. The van der Waals surface area contributed by atoms with Crippen molar-refractivity contribution in [2.24, 2.45) is 0 Å². The molecule has 0 bridgehead atoms. The first-order valence-electron chi connectivity index (χ1n) is 5.25. The maximum atomic E-state index is 8.82. The summed E-state index contributed by atoms with van der Waals surface area (Å²) in [5.41, 5.74) is 2.04. The summed E-state index contributed by atoms with van der Waals surface area (Å²) in [7, 11) is 1.95. The maximum Gasteiger partial charge on any atom is 0.104 e. The smallest absolute Gasteiger partial charge is 0.104 e. The number of aliphatic hydroxyl groups is 2. The number of benzene rings is 1. The summed E-state index contributed by atoms with van der Waals surface area (Å²) in [4.78, 5) is 2.03. The first-order valence-corrected chi connectivity index (χ1v) is 5.25. The summed E-state index contributed by atoms with van der Waals surface area (Å²) >= 11 is 0. The lowest BCUT2D eigenvalue weighted by Crippen LogP contribution is -2.21. The highest BCUT2D eigenvalue weighted by Gasteiger charge is 2.02. The second-order valence-electron chi connectivity index (χ2n) is 3.58. The summed E-state index contributed by atoms with van der Waals surface area (Å²) in [6.07, 6.45) is 0. The highest BCUT2D eigenvalue weighted by atomic mass is 16.3.